The predicted octanol–water partition coefficient (Wildman–Crippen LogP) is 3.66. The van der Waals surface area contributed by atoms with Crippen molar-refractivity contribution in [3.05, 3.63) is 65.7 Å². The van der Waals surface area contributed by atoms with Crippen molar-refractivity contribution in [1.82, 2.24) is 14.8 Å². The Balaban J connectivity index is 1.58. The minimum absolute atomic E-state index is 0.0809. The number of aryl methyl sites for hydroxylation is 1. The summed E-state index contributed by atoms with van der Waals surface area (Å²) in [5.74, 6) is -0.138. The van der Waals surface area contributed by atoms with Crippen LogP contribution in [0, 0.1) is 12.7 Å². The number of anilines is 2. The quantitative estimate of drug-likeness (QED) is 0.536. The highest BCUT2D eigenvalue weighted by Crippen LogP contribution is 2.19. The number of amides is 2. The van der Waals surface area contributed by atoms with E-state index in [0.717, 1.165) is 11.3 Å². The summed E-state index contributed by atoms with van der Waals surface area (Å²) in [6.07, 6.45) is 0.0809. The average molecular weight is 428 g/mol. The van der Waals surface area contributed by atoms with Gasteiger partial charge in [0.15, 0.2) is 5.16 Å². The van der Waals surface area contributed by atoms with E-state index in [-0.39, 0.29) is 29.8 Å². The first kappa shape index (κ1) is 21.5. The molecular formula is C21H22FN5O2S. The average Bonchev–Trinajstić information content (AvgIpc) is 3.11. The fourth-order valence-corrected chi connectivity index (χ4v) is 3.61. The second-order valence-electron chi connectivity index (χ2n) is 6.53. The van der Waals surface area contributed by atoms with E-state index in [1.807, 2.05) is 42.7 Å². The summed E-state index contributed by atoms with van der Waals surface area (Å²) in [7, 11) is 0. The number of rotatable bonds is 8. The zero-order valence-electron chi connectivity index (χ0n) is 16.7. The number of halogens is 1. The van der Waals surface area contributed by atoms with Crippen LogP contribution in [0.25, 0.3) is 0 Å². The Hall–Kier alpha value is -3.20. The van der Waals surface area contributed by atoms with E-state index < -0.39 is 0 Å². The molecule has 0 unspecified atom stereocenters. The SMILES string of the molecule is CCn1c(CC(=O)Nc2ccccc2C)nnc1SCC(=O)Nc1ccc(F)cc1. The van der Waals surface area contributed by atoms with E-state index in [4.69, 9.17) is 0 Å². The molecule has 0 aliphatic carbocycles. The van der Waals surface area contributed by atoms with Gasteiger partial charge < -0.3 is 15.2 Å². The lowest BCUT2D eigenvalue weighted by atomic mass is 10.2. The number of nitrogens with zero attached hydrogens (tertiary/aromatic N) is 3. The molecule has 2 aromatic carbocycles. The first-order valence-electron chi connectivity index (χ1n) is 9.42. The lowest BCUT2D eigenvalue weighted by Crippen LogP contribution is -2.18. The first-order chi connectivity index (χ1) is 14.5. The summed E-state index contributed by atoms with van der Waals surface area (Å²) in [6.45, 7) is 4.42. The Kier molecular flexibility index (Phi) is 7.18. The number of para-hydroxylation sites is 1. The van der Waals surface area contributed by atoms with Crippen molar-refractivity contribution in [2.24, 2.45) is 0 Å². The Morgan fingerprint density at radius 2 is 1.77 bits per heavy atom. The van der Waals surface area contributed by atoms with Crippen molar-refractivity contribution in [3.63, 3.8) is 0 Å². The number of benzene rings is 2. The highest BCUT2D eigenvalue weighted by molar-refractivity contribution is 7.99. The van der Waals surface area contributed by atoms with Gasteiger partial charge in [-0.25, -0.2) is 4.39 Å². The van der Waals surface area contributed by atoms with Crippen LogP contribution in [0.4, 0.5) is 15.8 Å². The number of hydrogen-bond donors (Lipinski definition) is 2. The molecule has 2 amide bonds. The maximum atomic E-state index is 12.9. The maximum absolute atomic E-state index is 12.9. The van der Waals surface area contributed by atoms with Crippen LogP contribution < -0.4 is 10.6 Å². The molecule has 1 aromatic heterocycles. The molecule has 0 fully saturated rings. The van der Waals surface area contributed by atoms with E-state index >= 15 is 0 Å². The second kappa shape index (κ2) is 10.0. The van der Waals surface area contributed by atoms with Crippen LogP contribution in [0.15, 0.2) is 53.7 Å². The topological polar surface area (TPSA) is 88.9 Å². The van der Waals surface area contributed by atoms with Gasteiger partial charge in [0.2, 0.25) is 11.8 Å². The molecule has 3 rings (SSSR count). The summed E-state index contributed by atoms with van der Waals surface area (Å²) in [6, 6.07) is 13.1. The number of carbonyl (C=O) groups excluding carboxylic acids is 2. The van der Waals surface area contributed by atoms with Crippen LogP contribution in [0.5, 0.6) is 0 Å². The molecular weight excluding hydrogens is 405 g/mol. The minimum Gasteiger partial charge on any atom is -0.325 e. The summed E-state index contributed by atoms with van der Waals surface area (Å²) in [5.41, 5.74) is 2.26. The van der Waals surface area contributed by atoms with Crippen molar-refractivity contribution in [3.8, 4) is 0 Å². The van der Waals surface area contributed by atoms with Crippen LogP contribution in [0.2, 0.25) is 0 Å². The molecule has 0 radical (unpaired) electrons. The first-order valence-corrected chi connectivity index (χ1v) is 10.4. The molecule has 0 aliphatic heterocycles. The third-order valence-electron chi connectivity index (χ3n) is 4.31. The van der Waals surface area contributed by atoms with Crippen molar-refractivity contribution < 1.29 is 14.0 Å². The smallest absolute Gasteiger partial charge is 0.234 e. The number of aromatic nitrogens is 3. The summed E-state index contributed by atoms with van der Waals surface area (Å²) in [4.78, 5) is 24.6. The molecule has 9 heteroatoms. The number of nitrogens with one attached hydrogen (secondary N) is 2. The van der Waals surface area contributed by atoms with Crippen LogP contribution in [-0.2, 0) is 22.6 Å². The molecule has 0 aliphatic rings. The Morgan fingerprint density at radius 3 is 2.47 bits per heavy atom. The molecule has 156 valence electrons. The molecule has 0 spiro atoms. The third kappa shape index (κ3) is 5.66. The van der Waals surface area contributed by atoms with Crippen LogP contribution >= 0.6 is 11.8 Å². The van der Waals surface area contributed by atoms with E-state index in [0.29, 0.717) is 23.2 Å². The predicted molar refractivity (Wildman–Crippen MR) is 115 cm³/mol. The van der Waals surface area contributed by atoms with Gasteiger partial charge in [0, 0.05) is 17.9 Å². The van der Waals surface area contributed by atoms with Crippen LogP contribution in [-0.4, -0.2) is 32.3 Å². The van der Waals surface area contributed by atoms with Crippen molar-refractivity contribution in [1.29, 1.82) is 0 Å². The van der Waals surface area contributed by atoms with Crippen molar-refractivity contribution in [2.75, 3.05) is 16.4 Å². The van der Waals surface area contributed by atoms with Gasteiger partial charge in [0.1, 0.15) is 11.6 Å². The van der Waals surface area contributed by atoms with Crippen LogP contribution in [0.1, 0.15) is 18.3 Å². The van der Waals surface area contributed by atoms with Crippen molar-refractivity contribution in [2.45, 2.75) is 32.0 Å². The molecule has 30 heavy (non-hydrogen) atoms. The van der Waals surface area contributed by atoms with E-state index in [9.17, 15) is 14.0 Å². The highest BCUT2D eigenvalue weighted by Gasteiger charge is 2.16. The van der Waals surface area contributed by atoms with Gasteiger partial charge in [-0.2, -0.15) is 0 Å². The maximum Gasteiger partial charge on any atom is 0.234 e. The lowest BCUT2D eigenvalue weighted by molar-refractivity contribution is -0.116. The van der Waals surface area contributed by atoms with Crippen molar-refractivity contribution >= 4 is 35.0 Å². The highest BCUT2D eigenvalue weighted by atomic mass is 32.2. The normalized spacial score (nSPS) is 10.6. The molecule has 0 atom stereocenters. The standard InChI is InChI=1S/C21H22FN5O2S/c1-3-27-18(12-19(28)24-17-7-5-4-6-14(17)2)25-26-21(27)30-13-20(29)23-16-10-8-15(22)9-11-16/h4-11H,3,12-13H2,1-2H3,(H,23,29)(H,24,28). The zero-order valence-corrected chi connectivity index (χ0v) is 17.5. The van der Waals surface area contributed by atoms with Gasteiger partial charge in [0.05, 0.1) is 12.2 Å². The van der Waals surface area contributed by atoms with E-state index in [1.54, 1.807) is 0 Å². The fraction of sp³-hybridized carbons (Fsp3) is 0.238. The van der Waals surface area contributed by atoms with E-state index in [1.165, 1.54) is 36.0 Å². The van der Waals surface area contributed by atoms with Gasteiger partial charge in [-0.05, 0) is 49.7 Å². The van der Waals surface area contributed by atoms with Gasteiger partial charge in [-0.15, -0.1) is 10.2 Å². The Bertz CT molecular complexity index is 1040. The van der Waals surface area contributed by atoms with Gasteiger partial charge in [0.25, 0.3) is 0 Å². The Labute approximate surface area is 178 Å². The van der Waals surface area contributed by atoms with Crippen LogP contribution in [0.3, 0.4) is 0 Å². The molecule has 2 N–H and O–H groups in total. The molecule has 0 saturated carbocycles. The summed E-state index contributed by atoms with van der Waals surface area (Å²) >= 11 is 1.23. The van der Waals surface area contributed by atoms with E-state index in [2.05, 4.69) is 20.8 Å². The minimum atomic E-state index is -0.364. The molecule has 0 saturated heterocycles. The zero-order chi connectivity index (χ0) is 21.5. The second-order valence-corrected chi connectivity index (χ2v) is 7.47. The van der Waals surface area contributed by atoms with Gasteiger partial charge in [-0.1, -0.05) is 30.0 Å². The molecule has 1 heterocycles. The third-order valence-corrected chi connectivity index (χ3v) is 5.27. The molecule has 0 bridgehead atoms. The number of thioether (sulfide) groups is 1. The van der Waals surface area contributed by atoms with Gasteiger partial charge >= 0.3 is 0 Å². The monoisotopic (exact) mass is 427 g/mol. The largest absolute Gasteiger partial charge is 0.325 e. The molecule has 3 aromatic rings. The Morgan fingerprint density at radius 1 is 1.03 bits per heavy atom. The lowest BCUT2D eigenvalue weighted by Gasteiger charge is -2.09. The fourth-order valence-electron chi connectivity index (χ4n) is 2.79. The summed E-state index contributed by atoms with van der Waals surface area (Å²) in [5, 5.41) is 14.4. The molecule has 7 nitrogen and oxygen atoms in total. The number of hydrogen-bond acceptors (Lipinski definition) is 5. The summed E-state index contributed by atoms with van der Waals surface area (Å²) < 4.78 is 14.8. The number of carbonyl (C=O) groups is 2. The van der Waals surface area contributed by atoms with Gasteiger partial charge in [-0.3, -0.25) is 9.59 Å².